The second-order valence-electron chi connectivity index (χ2n) is 18.0. The summed E-state index contributed by atoms with van der Waals surface area (Å²) in [6.07, 6.45) is 0. The van der Waals surface area contributed by atoms with Crippen LogP contribution in [-0.4, -0.2) is 0 Å². The Balaban J connectivity index is 0.954. The molecular formula is C65H48N2O. The van der Waals surface area contributed by atoms with E-state index in [-0.39, 0.29) is 0 Å². The number of hydrogen-bond donors (Lipinski definition) is 0. The van der Waals surface area contributed by atoms with Crippen LogP contribution in [0.4, 0.5) is 34.1 Å². The highest BCUT2D eigenvalue weighted by Crippen LogP contribution is 2.45. The van der Waals surface area contributed by atoms with E-state index >= 15 is 0 Å². The Morgan fingerprint density at radius 1 is 0.309 bits per heavy atom. The van der Waals surface area contributed by atoms with Crippen LogP contribution in [0.1, 0.15) is 25.3 Å². The molecule has 3 heteroatoms. The van der Waals surface area contributed by atoms with Crippen molar-refractivity contribution in [2.45, 2.75) is 19.8 Å². The Bertz CT molecular complexity index is 3750. The first-order valence-electron chi connectivity index (χ1n) is 23.5. The molecular weight excluding hydrogens is 825 g/mol. The lowest BCUT2D eigenvalue weighted by Gasteiger charge is -2.28. The third kappa shape index (κ3) is 7.54. The van der Waals surface area contributed by atoms with Crippen LogP contribution in [0.15, 0.2) is 253 Å². The van der Waals surface area contributed by atoms with Crippen LogP contribution in [0.3, 0.4) is 0 Å². The summed E-state index contributed by atoms with van der Waals surface area (Å²) in [5, 5.41) is 6.77. The predicted molar refractivity (Wildman–Crippen MR) is 288 cm³/mol. The molecule has 0 aliphatic heterocycles. The van der Waals surface area contributed by atoms with Crippen LogP contribution in [0.2, 0.25) is 0 Å². The van der Waals surface area contributed by atoms with Crippen molar-refractivity contribution in [3.05, 3.63) is 254 Å². The molecule has 11 aromatic carbocycles. The summed E-state index contributed by atoms with van der Waals surface area (Å²) in [7, 11) is 0. The largest absolute Gasteiger partial charge is 0.456 e. The fraction of sp³-hybridized carbons (Fsp3) is 0.0462. The van der Waals surface area contributed by atoms with Gasteiger partial charge in [0, 0.05) is 44.6 Å². The van der Waals surface area contributed by atoms with Gasteiger partial charge in [-0.25, -0.2) is 0 Å². The molecule has 0 amide bonds. The molecule has 0 bridgehead atoms. The summed E-state index contributed by atoms with van der Waals surface area (Å²) in [4.78, 5) is 4.75. The molecule has 0 saturated heterocycles. The Morgan fingerprint density at radius 2 is 0.706 bits per heavy atom. The molecule has 324 valence electrons. The zero-order valence-corrected chi connectivity index (χ0v) is 38.1. The van der Waals surface area contributed by atoms with Crippen molar-refractivity contribution in [3.8, 4) is 33.4 Å². The maximum atomic E-state index is 6.82. The molecule has 1 aromatic heterocycles. The van der Waals surface area contributed by atoms with Crippen LogP contribution in [0, 0.1) is 0 Å². The van der Waals surface area contributed by atoms with Crippen LogP contribution < -0.4 is 9.80 Å². The van der Waals surface area contributed by atoms with Crippen molar-refractivity contribution < 1.29 is 4.42 Å². The lowest BCUT2D eigenvalue weighted by molar-refractivity contribution is 0.670. The molecule has 68 heavy (non-hydrogen) atoms. The summed E-state index contributed by atoms with van der Waals surface area (Å²) >= 11 is 0. The second-order valence-corrected chi connectivity index (χ2v) is 18.0. The average Bonchev–Trinajstić information content (AvgIpc) is 3.74. The van der Waals surface area contributed by atoms with Gasteiger partial charge in [-0.1, -0.05) is 178 Å². The number of furan rings is 1. The van der Waals surface area contributed by atoms with Gasteiger partial charge in [-0.15, -0.1) is 0 Å². The van der Waals surface area contributed by atoms with Crippen LogP contribution in [-0.2, 0) is 0 Å². The van der Waals surface area contributed by atoms with E-state index in [1.54, 1.807) is 0 Å². The van der Waals surface area contributed by atoms with Crippen molar-refractivity contribution in [3.63, 3.8) is 0 Å². The quantitative estimate of drug-likeness (QED) is 0.136. The van der Waals surface area contributed by atoms with E-state index in [0.29, 0.717) is 5.92 Å². The summed E-state index contributed by atoms with van der Waals surface area (Å²) in [5.41, 5.74) is 16.7. The zero-order valence-electron chi connectivity index (χ0n) is 38.1. The minimum absolute atomic E-state index is 0.475. The van der Waals surface area contributed by atoms with Gasteiger partial charge in [0.05, 0.1) is 11.4 Å². The molecule has 3 nitrogen and oxygen atoms in total. The van der Waals surface area contributed by atoms with E-state index in [1.165, 1.54) is 33.4 Å². The van der Waals surface area contributed by atoms with E-state index in [2.05, 4.69) is 272 Å². The van der Waals surface area contributed by atoms with Gasteiger partial charge >= 0.3 is 0 Å². The molecule has 0 saturated carbocycles. The summed E-state index contributed by atoms with van der Waals surface area (Å²) in [5.74, 6) is 0.475. The second kappa shape index (κ2) is 17.3. The Labute approximate surface area is 397 Å². The summed E-state index contributed by atoms with van der Waals surface area (Å²) < 4.78 is 6.82. The number of anilines is 6. The molecule has 0 unspecified atom stereocenters. The zero-order chi connectivity index (χ0) is 45.6. The van der Waals surface area contributed by atoms with Crippen molar-refractivity contribution in [1.29, 1.82) is 0 Å². The first-order chi connectivity index (χ1) is 33.5. The first-order valence-corrected chi connectivity index (χ1v) is 23.5. The van der Waals surface area contributed by atoms with Gasteiger partial charge in [0.1, 0.15) is 11.2 Å². The molecule has 0 fully saturated rings. The maximum absolute atomic E-state index is 6.82. The minimum Gasteiger partial charge on any atom is -0.456 e. The fourth-order valence-electron chi connectivity index (χ4n) is 9.87. The molecule has 0 N–H and O–H groups in total. The Kier molecular flexibility index (Phi) is 10.4. The highest BCUT2D eigenvalue weighted by Gasteiger charge is 2.21. The number of rotatable bonds is 10. The summed E-state index contributed by atoms with van der Waals surface area (Å²) in [6, 6.07) is 89.8. The van der Waals surface area contributed by atoms with Crippen molar-refractivity contribution >= 4 is 77.6 Å². The number of para-hydroxylation sites is 3. The molecule has 0 radical (unpaired) electrons. The highest BCUT2D eigenvalue weighted by atomic mass is 16.3. The van der Waals surface area contributed by atoms with Crippen molar-refractivity contribution in [2.75, 3.05) is 9.80 Å². The third-order valence-corrected chi connectivity index (χ3v) is 13.4. The van der Waals surface area contributed by atoms with Gasteiger partial charge < -0.3 is 14.2 Å². The topological polar surface area (TPSA) is 19.6 Å². The first kappa shape index (κ1) is 40.8. The fourth-order valence-corrected chi connectivity index (χ4v) is 9.87. The number of benzene rings is 11. The molecule has 0 atom stereocenters. The average molecular weight is 873 g/mol. The maximum Gasteiger partial charge on any atom is 0.136 e. The predicted octanol–water partition coefficient (Wildman–Crippen LogP) is 19.0. The van der Waals surface area contributed by atoms with E-state index < -0.39 is 0 Å². The molecule has 1 heterocycles. The SMILES string of the molecule is CC(C)c1ccc(-c2ccccc2N(c2ccccc2)c2ccc3cc4c(cc3c2)oc2cc3cc(N(c5ccc(-c6ccccc6)cc5)c5ccccc5-c5ccccc5)ccc3cc24)cc1. The minimum atomic E-state index is 0.475. The van der Waals surface area contributed by atoms with Crippen LogP contribution in [0.5, 0.6) is 0 Å². The molecule has 0 spiro atoms. The summed E-state index contributed by atoms with van der Waals surface area (Å²) in [6.45, 7) is 4.48. The molecule has 0 aliphatic carbocycles. The van der Waals surface area contributed by atoms with Gasteiger partial charge in [0.15, 0.2) is 0 Å². The Morgan fingerprint density at radius 3 is 1.22 bits per heavy atom. The highest BCUT2D eigenvalue weighted by molar-refractivity contribution is 6.14. The number of hydrogen-bond acceptors (Lipinski definition) is 3. The van der Waals surface area contributed by atoms with E-state index in [0.717, 1.165) is 83.2 Å². The van der Waals surface area contributed by atoms with Gasteiger partial charge in [0.2, 0.25) is 0 Å². The van der Waals surface area contributed by atoms with Gasteiger partial charge in [-0.2, -0.15) is 0 Å². The van der Waals surface area contributed by atoms with Crippen LogP contribution in [0.25, 0.3) is 76.9 Å². The van der Waals surface area contributed by atoms with Gasteiger partial charge in [-0.05, 0) is 140 Å². The Hall–Kier alpha value is -8.66. The molecule has 12 rings (SSSR count). The van der Waals surface area contributed by atoms with Gasteiger partial charge in [0.25, 0.3) is 0 Å². The van der Waals surface area contributed by atoms with Crippen LogP contribution >= 0.6 is 0 Å². The number of fused-ring (bicyclic) bond motifs is 5. The lowest BCUT2D eigenvalue weighted by atomic mass is 9.97. The van der Waals surface area contributed by atoms with E-state index in [9.17, 15) is 0 Å². The smallest absolute Gasteiger partial charge is 0.136 e. The van der Waals surface area contributed by atoms with Gasteiger partial charge in [-0.3, -0.25) is 0 Å². The van der Waals surface area contributed by atoms with Crippen molar-refractivity contribution in [1.82, 2.24) is 0 Å². The molecule has 12 aromatic rings. The third-order valence-electron chi connectivity index (χ3n) is 13.4. The standard InChI is InChI=1S/C65H48N2O/c1-44(2)45-26-28-49(29-27-45)59-23-13-15-25-63(59)66(54-20-10-5-11-21-54)56-36-32-50-40-60-61-41-51-33-37-57(39-53(51)43-65(61)68-64(60)42-52(50)38-56)67(55-34-30-47(31-35-55)46-16-6-3-7-17-46)62-24-14-12-22-58(62)48-18-8-4-9-19-48/h3-44H,1-2H3. The van der Waals surface area contributed by atoms with Crippen molar-refractivity contribution in [2.24, 2.45) is 0 Å². The monoisotopic (exact) mass is 872 g/mol. The lowest BCUT2D eigenvalue weighted by Crippen LogP contribution is -2.11. The normalized spacial score (nSPS) is 11.5. The van der Waals surface area contributed by atoms with E-state index in [1.807, 2.05) is 0 Å². The number of nitrogens with zero attached hydrogens (tertiary/aromatic N) is 2. The molecule has 0 aliphatic rings. The van der Waals surface area contributed by atoms with E-state index in [4.69, 9.17) is 4.42 Å².